The number of hydrogen-bond donors (Lipinski definition) is 0. The number of halogens is 4. The predicted octanol–water partition coefficient (Wildman–Crippen LogP) is 5.92. The van der Waals surface area contributed by atoms with Gasteiger partial charge in [0.25, 0.3) is 0 Å². The molecule has 0 fully saturated rings. The van der Waals surface area contributed by atoms with Crippen LogP contribution in [0.4, 0.5) is 13.2 Å². The second kappa shape index (κ2) is 8.58. The van der Waals surface area contributed by atoms with Crippen LogP contribution in [-0.4, -0.2) is 5.97 Å². The van der Waals surface area contributed by atoms with E-state index in [4.69, 9.17) is 9.47 Å². The van der Waals surface area contributed by atoms with Gasteiger partial charge in [-0.05, 0) is 36.2 Å². The predicted molar refractivity (Wildman–Crippen MR) is 95.2 cm³/mol. The van der Waals surface area contributed by atoms with Gasteiger partial charge in [-0.2, -0.15) is 13.2 Å². The van der Waals surface area contributed by atoms with Gasteiger partial charge in [-0.25, -0.2) is 0 Å². The largest absolute Gasteiger partial charge is 0.488 e. The third kappa shape index (κ3) is 5.00. The number of carbonyl (C=O) groups is 1. The van der Waals surface area contributed by atoms with Crippen molar-refractivity contribution in [3.05, 3.63) is 57.6 Å². The number of esters is 1. The maximum absolute atomic E-state index is 13.3. The van der Waals surface area contributed by atoms with Crippen molar-refractivity contribution in [1.29, 1.82) is 0 Å². The van der Waals surface area contributed by atoms with E-state index >= 15 is 0 Å². The zero-order chi connectivity index (χ0) is 19.3. The number of benzene rings is 2. The molecule has 0 aromatic heterocycles. The fourth-order valence-electron chi connectivity index (χ4n) is 2.26. The summed E-state index contributed by atoms with van der Waals surface area (Å²) in [5.74, 6) is -0.448. The maximum atomic E-state index is 13.3. The molecule has 26 heavy (non-hydrogen) atoms. The standard InChI is InChI=1S/C19H18BrF3O3/c1-3-12-8-9-17(14(10-12)19(21,22)23)25-11-13-15(20)6-5-7-16(13)26-18(24)4-2/h5-10H,3-4,11H2,1-2H3. The Morgan fingerprint density at radius 2 is 1.85 bits per heavy atom. The summed E-state index contributed by atoms with van der Waals surface area (Å²) in [5, 5.41) is 0. The molecule has 0 spiro atoms. The van der Waals surface area contributed by atoms with Crippen molar-refractivity contribution in [3.63, 3.8) is 0 Å². The molecule has 0 aliphatic carbocycles. The Balaban J connectivity index is 2.31. The Kier molecular flexibility index (Phi) is 6.69. The molecule has 0 saturated carbocycles. The van der Waals surface area contributed by atoms with Crippen LogP contribution in [0.15, 0.2) is 40.9 Å². The molecule has 0 bridgehead atoms. The lowest BCUT2D eigenvalue weighted by molar-refractivity contribution is -0.139. The van der Waals surface area contributed by atoms with E-state index in [1.54, 1.807) is 38.1 Å². The van der Waals surface area contributed by atoms with E-state index in [-0.39, 0.29) is 24.5 Å². The van der Waals surface area contributed by atoms with Crippen molar-refractivity contribution in [2.45, 2.75) is 39.5 Å². The molecule has 2 aromatic carbocycles. The van der Waals surface area contributed by atoms with Crippen LogP contribution in [0, 0.1) is 0 Å². The second-order valence-electron chi connectivity index (χ2n) is 5.51. The Labute approximate surface area is 158 Å². The van der Waals surface area contributed by atoms with Gasteiger partial charge in [0.05, 0.1) is 5.56 Å². The molecule has 0 amide bonds. The summed E-state index contributed by atoms with van der Waals surface area (Å²) in [7, 11) is 0. The van der Waals surface area contributed by atoms with Crippen molar-refractivity contribution in [2.75, 3.05) is 0 Å². The first-order chi connectivity index (χ1) is 12.3. The minimum atomic E-state index is -4.52. The molecule has 3 nitrogen and oxygen atoms in total. The molecule has 0 atom stereocenters. The summed E-state index contributed by atoms with van der Waals surface area (Å²) >= 11 is 3.32. The number of ether oxygens (including phenoxy) is 2. The fourth-order valence-corrected chi connectivity index (χ4v) is 2.73. The Morgan fingerprint density at radius 3 is 2.46 bits per heavy atom. The summed E-state index contributed by atoms with van der Waals surface area (Å²) in [6.07, 6.45) is -3.85. The lowest BCUT2D eigenvalue weighted by Crippen LogP contribution is -2.11. The van der Waals surface area contributed by atoms with E-state index in [2.05, 4.69) is 15.9 Å². The van der Waals surface area contributed by atoms with Crippen molar-refractivity contribution < 1.29 is 27.4 Å². The highest BCUT2D eigenvalue weighted by molar-refractivity contribution is 9.10. The average molecular weight is 431 g/mol. The molecule has 0 radical (unpaired) electrons. The quantitative estimate of drug-likeness (QED) is 0.421. The number of alkyl halides is 3. The topological polar surface area (TPSA) is 35.5 Å². The first-order valence-electron chi connectivity index (χ1n) is 8.07. The number of carbonyl (C=O) groups excluding carboxylic acids is 1. The first kappa shape index (κ1) is 20.3. The molecule has 0 saturated heterocycles. The van der Waals surface area contributed by atoms with Crippen molar-refractivity contribution in [1.82, 2.24) is 0 Å². The highest BCUT2D eigenvalue weighted by Crippen LogP contribution is 2.38. The highest BCUT2D eigenvalue weighted by atomic mass is 79.9. The van der Waals surface area contributed by atoms with Crippen LogP contribution in [0.25, 0.3) is 0 Å². The van der Waals surface area contributed by atoms with Crippen molar-refractivity contribution in [3.8, 4) is 11.5 Å². The Bertz CT molecular complexity index is 788. The monoisotopic (exact) mass is 430 g/mol. The highest BCUT2D eigenvalue weighted by Gasteiger charge is 2.34. The minimum absolute atomic E-state index is 0.178. The molecule has 0 unspecified atom stereocenters. The molecule has 2 rings (SSSR count). The summed E-state index contributed by atoms with van der Waals surface area (Å²) in [5.41, 5.74) is 0.209. The molecule has 0 aliphatic heterocycles. The molecule has 0 heterocycles. The lowest BCUT2D eigenvalue weighted by Gasteiger charge is -2.17. The summed E-state index contributed by atoms with van der Waals surface area (Å²) in [6.45, 7) is 3.26. The molecule has 0 aliphatic rings. The van der Waals surface area contributed by atoms with E-state index in [0.29, 0.717) is 22.0 Å². The van der Waals surface area contributed by atoms with Gasteiger partial charge in [0.1, 0.15) is 18.1 Å². The van der Waals surface area contributed by atoms with Gasteiger partial charge in [0.15, 0.2) is 0 Å². The summed E-state index contributed by atoms with van der Waals surface area (Å²) in [4.78, 5) is 11.5. The van der Waals surface area contributed by atoms with E-state index in [1.807, 2.05) is 0 Å². The zero-order valence-corrected chi connectivity index (χ0v) is 15.9. The van der Waals surface area contributed by atoms with Crippen LogP contribution in [0.3, 0.4) is 0 Å². The second-order valence-corrected chi connectivity index (χ2v) is 6.37. The summed E-state index contributed by atoms with van der Waals surface area (Å²) in [6, 6.07) is 8.95. The van der Waals surface area contributed by atoms with Crippen LogP contribution in [-0.2, 0) is 24.0 Å². The smallest absolute Gasteiger partial charge is 0.419 e. The van der Waals surface area contributed by atoms with E-state index in [0.717, 1.165) is 6.07 Å². The van der Waals surface area contributed by atoms with Gasteiger partial charge in [-0.1, -0.05) is 41.9 Å². The molecular formula is C19H18BrF3O3. The van der Waals surface area contributed by atoms with Gasteiger partial charge in [0, 0.05) is 16.5 Å². The van der Waals surface area contributed by atoms with Crippen LogP contribution in [0.2, 0.25) is 0 Å². The molecular weight excluding hydrogens is 413 g/mol. The van der Waals surface area contributed by atoms with Crippen molar-refractivity contribution in [2.24, 2.45) is 0 Å². The van der Waals surface area contributed by atoms with E-state index in [9.17, 15) is 18.0 Å². The number of hydrogen-bond acceptors (Lipinski definition) is 3. The maximum Gasteiger partial charge on any atom is 0.419 e. The third-order valence-electron chi connectivity index (χ3n) is 3.72. The first-order valence-corrected chi connectivity index (χ1v) is 8.86. The van der Waals surface area contributed by atoms with Gasteiger partial charge >= 0.3 is 12.1 Å². The van der Waals surface area contributed by atoms with Gasteiger partial charge in [0.2, 0.25) is 0 Å². The Morgan fingerprint density at radius 1 is 1.12 bits per heavy atom. The van der Waals surface area contributed by atoms with Gasteiger partial charge in [-0.15, -0.1) is 0 Å². The molecule has 140 valence electrons. The summed E-state index contributed by atoms with van der Waals surface area (Å²) < 4.78 is 51.2. The minimum Gasteiger partial charge on any atom is -0.488 e. The third-order valence-corrected chi connectivity index (χ3v) is 4.46. The van der Waals surface area contributed by atoms with Gasteiger partial charge < -0.3 is 9.47 Å². The van der Waals surface area contributed by atoms with Crippen LogP contribution >= 0.6 is 15.9 Å². The van der Waals surface area contributed by atoms with E-state index < -0.39 is 17.7 Å². The van der Waals surface area contributed by atoms with Crippen LogP contribution in [0.5, 0.6) is 11.5 Å². The number of aryl methyl sites for hydroxylation is 1. The van der Waals surface area contributed by atoms with Crippen molar-refractivity contribution >= 4 is 21.9 Å². The lowest BCUT2D eigenvalue weighted by atomic mass is 10.1. The van der Waals surface area contributed by atoms with Crippen LogP contribution in [0.1, 0.15) is 37.0 Å². The van der Waals surface area contributed by atoms with Crippen LogP contribution < -0.4 is 9.47 Å². The Hall–Kier alpha value is -2.02. The number of rotatable bonds is 6. The molecule has 2 aromatic rings. The normalized spacial score (nSPS) is 11.3. The van der Waals surface area contributed by atoms with E-state index in [1.165, 1.54) is 6.07 Å². The SMILES string of the molecule is CCC(=O)Oc1cccc(Br)c1COc1ccc(CC)cc1C(F)(F)F. The molecule has 7 heteroatoms. The van der Waals surface area contributed by atoms with Gasteiger partial charge in [-0.3, -0.25) is 4.79 Å². The molecule has 0 N–H and O–H groups in total. The zero-order valence-electron chi connectivity index (χ0n) is 14.3. The average Bonchev–Trinajstić information content (AvgIpc) is 2.60. The fraction of sp³-hybridized carbons (Fsp3) is 0.316.